The molecule has 0 spiro atoms. The van der Waals surface area contributed by atoms with Crippen LogP contribution in [0.3, 0.4) is 0 Å². The van der Waals surface area contributed by atoms with E-state index in [9.17, 15) is 8.78 Å². The zero-order valence-corrected chi connectivity index (χ0v) is 11.9. The summed E-state index contributed by atoms with van der Waals surface area (Å²) in [4.78, 5) is 0. The fourth-order valence-corrected chi connectivity index (χ4v) is 2.02. The Morgan fingerprint density at radius 3 is 2.58 bits per heavy atom. The van der Waals surface area contributed by atoms with Crippen molar-refractivity contribution < 1.29 is 13.5 Å². The summed E-state index contributed by atoms with van der Waals surface area (Å²) in [6.07, 6.45) is 0. The van der Waals surface area contributed by atoms with Crippen LogP contribution in [0, 0.1) is 11.6 Å². The van der Waals surface area contributed by atoms with Gasteiger partial charge in [-0.15, -0.1) is 0 Å². The van der Waals surface area contributed by atoms with Crippen LogP contribution in [0.5, 0.6) is 5.75 Å². The molecule has 2 aromatic rings. The Balaban J connectivity index is 2.14. The molecule has 0 aliphatic carbocycles. The normalized spacial score (nSPS) is 10.5. The van der Waals surface area contributed by atoms with Gasteiger partial charge in [0.05, 0.1) is 15.2 Å². The van der Waals surface area contributed by atoms with Gasteiger partial charge in [0, 0.05) is 6.07 Å². The molecular weight excluding hydrogens is 340 g/mol. The Kier molecular flexibility index (Phi) is 4.27. The van der Waals surface area contributed by atoms with E-state index >= 15 is 0 Å². The number of hydrogen-bond acceptors (Lipinski definition) is 2. The number of nitrogens with two attached hydrogens (primary N) is 1. The van der Waals surface area contributed by atoms with Crippen molar-refractivity contribution in [2.24, 2.45) is 0 Å². The fraction of sp³-hybridized carbons (Fsp3) is 0.0769. The molecule has 0 aromatic heterocycles. The summed E-state index contributed by atoms with van der Waals surface area (Å²) in [6.45, 7) is 0.116. The van der Waals surface area contributed by atoms with E-state index in [1.54, 1.807) is 0 Å². The number of benzene rings is 2. The number of halogens is 4. The first kappa shape index (κ1) is 14.1. The van der Waals surface area contributed by atoms with E-state index in [1.807, 2.05) is 0 Å². The summed E-state index contributed by atoms with van der Waals surface area (Å²) >= 11 is 8.68. The average molecular weight is 349 g/mol. The Hall–Kier alpha value is -1.33. The van der Waals surface area contributed by atoms with Crippen LogP contribution >= 0.6 is 27.5 Å². The van der Waals surface area contributed by atoms with Crippen LogP contribution in [0.25, 0.3) is 0 Å². The van der Waals surface area contributed by atoms with Crippen molar-refractivity contribution >= 4 is 33.2 Å². The summed E-state index contributed by atoms with van der Waals surface area (Å²) in [6, 6.07) is 6.83. The molecular formula is C13H9BrClF2NO. The second kappa shape index (κ2) is 5.75. The number of rotatable bonds is 3. The third kappa shape index (κ3) is 3.36. The monoisotopic (exact) mass is 347 g/mol. The first-order valence-corrected chi connectivity index (χ1v) is 6.45. The lowest BCUT2D eigenvalue weighted by Gasteiger charge is -2.10. The largest absolute Gasteiger partial charge is 0.487 e. The van der Waals surface area contributed by atoms with Gasteiger partial charge in [-0.25, -0.2) is 8.78 Å². The first-order chi connectivity index (χ1) is 8.97. The third-order valence-electron chi connectivity index (χ3n) is 2.43. The van der Waals surface area contributed by atoms with E-state index in [2.05, 4.69) is 15.9 Å². The molecule has 0 fully saturated rings. The second-order valence-corrected chi connectivity index (χ2v) is 5.10. The smallest absolute Gasteiger partial charge is 0.145 e. The highest BCUT2D eigenvalue weighted by atomic mass is 79.9. The van der Waals surface area contributed by atoms with Crippen molar-refractivity contribution in [3.8, 4) is 5.75 Å². The lowest BCUT2D eigenvalue weighted by Crippen LogP contribution is -2.00. The van der Waals surface area contributed by atoms with Gasteiger partial charge >= 0.3 is 0 Å². The van der Waals surface area contributed by atoms with Gasteiger partial charge in [0.15, 0.2) is 0 Å². The van der Waals surface area contributed by atoms with E-state index in [0.717, 1.165) is 0 Å². The topological polar surface area (TPSA) is 35.2 Å². The van der Waals surface area contributed by atoms with Crippen molar-refractivity contribution in [3.05, 3.63) is 57.0 Å². The number of hydrogen-bond donors (Lipinski definition) is 1. The van der Waals surface area contributed by atoms with E-state index in [1.165, 1.54) is 30.3 Å². The van der Waals surface area contributed by atoms with Gasteiger partial charge in [0.2, 0.25) is 0 Å². The molecule has 0 radical (unpaired) electrons. The summed E-state index contributed by atoms with van der Waals surface area (Å²) in [5, 5.41) is 0.0102. The molecule has 0 unspecified atom stereocenters. The summed E-state index contributed by atoms with van der Waals surface area (Å²) in [7, 11) is 0. The third-order valence-corrected chi connectivity index (χ3v) is 3.33. The van der Waals surface area contributed by atoms with Crippen LogP contribution in [0.1, 0.15) is 5.56 Å². The zero-order valence-electron chi connectivity index (χ0n) is 9.59. The van der Waals surface area contributed by atoms with Crippen molar-refractivity contribution in [1.29, 1.82) is 0 Å². The molecule has 0 aliphatic rings. The lowest BCUT2D eigenvalue weighted by atomic mass is 10.2. The number of ether oxygens (including phenoxy) is 1. The van der Waals surface area contributed by atoms with Crippen molar-refractivity contribution in [2.45, 2.75) is 6.61 Å². The molecule has 0 heterocycles. The molecule has 19 heavy (non-hydrogen) atoms. The molecule has 0 bridgehead atoms. The number of anilines is 1. The highest BCUT2D eigenvalue weighted by Gasteiger charge is 2.08. The van der Waals surface area contributed by atoms with Gasteiger partial charge in [-0.2, -0.15) is 0 Å². The predicted octanol–water partition coefficient (Wildman–Crippen LogP) is 4.54. The van der Waals surface area contributed by atoms with E-state index in [0.29, 0.717) is 11.3 Å². The number of nitrogen functional groups attached to an aromatic ring is 1. The first-order valence-electron chi connectivity index (χ1n) is 5.28. The van der Waals surface area contributed by atoms with Crippen LogP contribution in [0.15, 0.2) is 34.8 Å². The predicted molar refractivity (Wildman–Crippen MR) is 74.3 cm³/mol. The minimum Gasteiger partial charge on any atom is -0.487 e. The quantitative estimate of drug-likeness (QED) is 0.826. The molecule has 100 valence electrons. The van der Waals surface area contributed by atoms with E-state index in [-0.39, 0.29) is 21.9 Å². The summed E-state index contributed by atoms with van der Waals surface area (Å²) < 4.78 is 32.0. The second-order valence-electron chi connectivity index (χ2n) is 3.84. The molecule has 2 N–H and O–H groups in total. The molecule has 0 aliphatic heterocycles. The highest BCUT2D eigenvalue weighted by Crippen LogP contribution is 2.29. The van der Waals surface area contributed by atoms with Crippen LogP contribution in [-0.2, 0) is 6.61 Å². The molecule has 2 nitrogen and oxygen atoms in total. The maximum Gasteiger partial charge on any atom is 0.145 e. The van der Waals surface area contributed by atoms with Crippen molar-refractivity contribution in [3.63, 3.8) is 0 Å². The molecule has 0 saturated carbocycles. The van der Waals surface area contributed by atoms with E-state index < -0.39 is 11.6 Å². The highest BCUT2D eigenvalue weighted by molar-refractivity contribution is 9.10. The van der Waals surface area contributed by atoms with Crippen molar-refractivity contribution in [2.75, 3.05) is 5.73 Å². The molecule has 0 atom stereocenters. The van der Waals surface area contributed by atoms with Gasteiger partial charge < -0.3 is 10.5 Å². The van der Waals surface area contributed by atoms with Gasteiger partial charge in [-0.3, -0.25) is 0 Å². The summed E-state index contributed by atoms with van der Waals surface area (Å²) in [5.41, 5.74) is 6.67. The average Bonchev–Trinajstić information content (AvgIpc) is 2.36. The van der Waals surface area contributed by atoms with Gasteiger partial charge in [-0.05, 0) is 39.7 Å². The van der Waals surface area contributed by atoms with E-state index in [4.69, 9.17) is 22.1 Å². The van der Waals surface area contributed by atoms with Crippen LogP contribution in [-0.4, -0.2) is 0 Å². The Labute approximate surface area is 122 Å². The lowest BCUT2D eigenvalue weighted by molar-refractivity contribution is 0.306. The van der Waals surface area contributed by atoms with Gasteiger partial charge in [-0.1, -0.05) is 17.7 Å². The van der Waals surface area contributed by atoms with Gasteiger partial charge in [0.25, 0.3) is 0 Å². The molecule has 6 heteroatoms. The van der Waals surface area contributed by atoms with Crippen LogP contribution < -0.4 is 10.5 Å². The Morgan fingerprint density at radius 1 is 1.16 bits per heavy atom. The Bertz CT molecular complexity index is 622. The maximum absolute atomic E-state index is 13.3. The molecule has 2 rings (SSSR count). The van der Waals surface area contributed by atoms with Crippen molar-refractivity contribution in [1.82, 2.24) is 0 Å². The van der Waals surface area contributed by atoms with Crippen LogP contribution in [0.2, 0.25) is 5.02 Å². The van der Waals surface area contributed by atoms with Crippen LogP contribution in [0.4, 0.5) is 14.5 Å². The standard InChI is InChI=1S/C13H9BrClF2NO/c14-8-4-12(18)13(5-11(8)17)19-6-7-1-2-10(16)9(15)3-7/h1-5H,6,18H2. The maximum atomic E-state index is 13.3. The molecule has 0 saturated heterocycles. The fourth-order valence-electron chi connectivity index (χ4n) is 1.46. The minimum absolute atomic E-state index is 0.0102. The minimum atomic E-state index is -0.500. The summed E-state index contributed by atoms with van der Waals surface area (Å²) in [5.74, 6) is -0.748. The molecule has 0 amide bonds. The zero-order chi connectivity index (χ0) is 14.0. The molecule has 2 aromatic carbocycles. The van der Waals surface area contributed by atoms with Gasteiger partial charge in [0.1, 0.15) is 24.0 Å². The SMILES string of the molecule is Nc1cc(Br)c(F)cc1OCc1ccc(F)c(Cl)c1. The Morgan fingerprint density at radius 2 is 1.89 bits per heavy atom.